The van der Waals surface area contributed by atoms with Gasteiger partial charge in [-0.25, -0.2) is 4.79 Å². The Morgan fingerprint density at radius 3 is 2.64 bits per heavy atom. The first-order valence-electron chi connectivity index (χ1n) is 4.12. The fourth-order valence-corrected chi connectivity index (χ4v) is 1.18. The SMILES string of the molecule is CC[C@@H]1CN(C(C)C)C(=O)O1. The van der Waals surface area contributed by atoms with Crippen LogP contribution in [-0.4, -0.2) is 29.7 Å². The number of hydrogen-bond acceptors (Lipinski definition) is 2. The van der Waals surface area contributed by atoms with Crippen molar-refractivity contribution >= 4 is 6.09 Å². The van der Waals surface area contributed by atoms with E-state index in [2.05, 4.69) is 0 Å². The average Bonchev–Trinajstić information content (AvgIpc) is 2.30. The van der Waals surface area contributed by atoms with E-state index in [1.54, 1.807) is 4.90 Å². The van der Waals surface area contributed by atoms with Gasteiger partial charge in [-0.05, 0) is 20.3 Å². The maximum Gasteiger partial charge on any atom is 0.410 e. The van der Waals surface area contributed by atoms with E-state index in [9.17, 15) is 4.79 Å². The van der Waals surface area contributed by atoms with Gasteiger partial charge in [0.1, 0.15) is 6.10 Å². The van der Waals surface area contributed by atoms with Crippen LogP contribution in [0, 0.1) is 0 Å². The Balaban J connectivity index is 2.52. The predicted octanol–water partition coefficient (Wildman–Crippen LogP) is 1.63. The number of hydrogen-bond donors (Lipinski definition) is 0. The molecular weight excluding hydrogens is 142 g/mol. The molecule has 0 aliphatic carbocycles. The summed E-state index contributed by atoms with van der Waals surface area (Å²) in [6, 6.07) is 0.263. The molecule has 1 aliphatic heterocycles. The Morgan fingerprint density at radius 2 is 2.36 bits per heavy atom. The monoisotopic (exact) mass is 157 g/mol. The van der Waals surface area contributed by atoms with Crippen molar-refractivity contribution in [2.45, 2.75) is 39.3 Å². The molecule has 0 N–H and O–H groups in total. The second kappa shape index (κ2) is 3.11. The van der Waals surface area contributed by atoms with Gasteiger partial charge >= 0.3 is 6.09 Å². The van der Waals surface area contributed by atoms with Gasteiger partial charge in [-0.1, -0.05) is 6.92 Å². The third-order valence-corrected chi connectivity index (χ3v) is 1.98. The zero-order valence-electron chi connectivity index (χ0n) is 7.33. The average molecular weight is 157 g/mol. The summed E-state index contributed by atoms with van der Waals surface area (Å²) >= 11 is 0. The second-order valence-corrected chi connectivity index (χ2v) is 3.16. The van der Waals surface area contributed by atoms with Gasteiger partial charge < -0.3 is 9.64 Å². The Labute approximate surface area is 67.3 Å². The van der Waals surface area contributed by atoms with Crippen molar-refractivity contribution in [3.8, 4) is 0 Å². The van der Waals surface area contributed by atoms with Crippen LogP contribution in [0.5, 0.6) is 0 Å². The van der Waals surface area contributed by atoms with E-state index in [0.717, 1.165) is 13.0 Å². The van der Waals surface area contributed by atoms with Gasteiger partial charge in [-0.15, -0.1) is 0 Å². The smallest absolute Gasteiger partial charge is 0.410 e. The van der Waals surface area contributed by atoms with Crippen LogP contribution in [-0.2, 0) is 4.74 Å². The minimum atomic E-state index is -0.160. The molecule has 1 heterocycles. The molecule has 3 heteroatoms. The lowest BCUT2D eigenvalue weighted by Gasteiger charge is -2.16. The van der Waals surface area contributed by atoms with E-state index in [0.29, 0.717) is 0 Å². The fraction of sp³-hybridized carbons (Fsp3) is 0.875. The van der Waals surface area contributed by atoms with Crippen LogP contribution in [0.3, 0.4) is 0 Å². The highest BCUT2D eigenvalue weighted by atomic mass is 16.6. The number of carbonyl (C=O) groups excluding carboxylic acids is 1. The van der Waals surface area contributed by atoms with Crippen molar-refractivity contribution in [1.29, 1.82) is 0 Å². The zero-order valence-corrected chi connectivity index (χ0v) is 7.33. The molecule has 0 unspecified atom stereocenters. The van der Waals surface area contributed by atoms with E-state index in [1.165, 1.54) is 0 Å². The van der Waals surface area contributed by atoms with E-state index in [1.807, 2.05) is 20.8 Å². The lowest BCUT2D eigenvalue weighted by molar-refractivity contribution is 0.128. The van der Waals surface area contributed by atoms with Crippen molar-refractivity contribution in [2.24, 2.45) is 0 Å². The molecule has 64 valence electrons. The molecule has 0 aromatic carbocycles. The molecule has 0 saturated carbocycles. The fourth-order valence-electron chi connectivity index (χ4n) is 1.18. The van der Waals surface area contributed by atoms with Crippen molar-refractivity contribution in [3.63, 3.8) is 0 Å². The summed E-state index contributed by atoms with van der Waals surface area (Å²) in [7, 11) is 0. The summed E-state index contributed by atoms with van der Waals surface area (Å²) in [5, 5.41) is 0. The van der Waals surface area contributed by atoms with Crippen LogP contribution in [0.1, 0.15) is 27.2 Å². The highest BCUT2D eigenvalue weighted by molar-refractivity contribution is 5.70. The van der Waals surface area contributed by atoms with Crippen molar-refractivity contribution in [1.82, 2.24) is 4.90 Å². The van der Waals surface area contributed by atoms with Gasteiger partial charge in [0.15, 0.2) is 0 Å². The van der Waals surface area contributed by atoms with Gasteiger partial charge in [-0.2, -0.15) is 0 Å². The Morgan fingerprint density at radius 1 is 1.73 bits per heavy atom. The van der Waals surface area contributed by atoms with E-state index in [-0.39, 0.29) is 18.2 Å². The van der Waals surface area contributed by atoms with Gasteiger partial charge in [0.2, 0.25) is 0 Å². The van der Waals surface area contributed by atoms with Crippen LogP contribution in [0.2, 0.25) is 0 Å². The molecule has 1 atom stereocenters. The van der Waals surface area contributed by atoms with Gasteiger partial charge in [-0.3, -0.25) is 0 Å². The van der Waals surface area contributed by atoms with Crippen LogP contribution >= 0.6 is 0 Å². The first-order chi connectivity index (χ1) is 5.15. The van der Waals surface area contributed by atoms with Gasteiger partial charge in [0.05, 0.1) is 6.54 Å². The molecular formula is C8H15NO2. The second-order valence-electron chi connectivity index (χ2n) is 3.16. The molecule has 1 amide bonds. The van der Waals surface area contributed by atoms with Gasteiger partial charge in [0.25, 0.3) is 0 Å². The highest BCUT2D eigenvalue weighted by Gasteiger charge is 2.31. The number of ether oxygens (including phenoxy) is 1. The van der Waals surface area contributed by atoms with Crippen molar-refractivity contribution in [3.05, 3.63) is 0 Å². The largest absolute Gasteiger partial charge is 0.444 e. The normalized spacial score (nSPS) is 24.5. The quantitative estimate of drug-likeness (QED) is 0.609. The van der Waals surface area contributed by atoms with Crippen LogP contribution in [0.25, 0.3) is 0 Å². The zero-order chi connectivity index (χ0) is 8.43. The summed E-state index contributed by atoms with van der Waals surface area (Å²) in [6.07, 6.45) is 0.867. The van der Waals surface area contributed by atoms with Crippen molar-refractivity contribution < 1.29 is 9.53 Å². The summed E-state index contributed by atoms with van der Waals surface area (Å²) in [4.78, 5) is 12.8. The summed E-state index contributed by atoms with van der Waals surface area (Å²) in [6.45, 7) is 6.79. The molecule has 11 heavy (non-hydrogen) atoms. The molecule has 0 radical (unpaired) electrons. The molecule has 0 bridgehead atoms. The standard InChI is InChI=1S/C8H15NO2/c1-4-7-5-9(6(2)3)8(10)11-7/h6-7H,4-5H2,1-3H3/t7-/m1/s1. The molecule has 1 rings (SSSR count). The Hall–Kier alpha value is -0.730. The molecule has 1 saturated heterocycles. The van der Waals surface area contributed by atoms with Crippen LogP contribution < -0.4 is 0 Å². The number of nitrogens with zero attached hydrogens (tertiary/aromatic N) is 1. The first-order valence-corrected chi connectivity index (χ1v) is 4.12. The number of cyclic esters (lactones) is 1. The van der Waals surface area contributed by atoms with E-state index in [4.69, 9.17) is 4.74 Å². The van der Waals surface area contributed by atoms with Crippen molar-refractivity contribution in [2.75, 3.05) is 6.54 Å². The molecule has 0 aromatic heterocycles. The molecule has 1 aliphatic rings. The number of carbonyl (C=O) groups is 1. The Kier molecular flexibility index (Phi) is 2.37. The lowest BCUT2D eigenvalue weighted by Crippen LogP contribution is -2.31. The Bertz CT molecular complexity index is 156. The first kappa shape index (κ1) is 8.37. The lowest BCUT2D eigenvalue weighted by atomic mass is 10.2. The maximum atomic E-state index is 11.1. The minimum absolute atomic E-state index is 0.116. The maximum absolute atomic E-state index is 11.1. The topological polar surface area (TPSA) is 29.5 Å². The molecule has 0 spiro atoms. The highest BCUT2D eigenvalue weighted by Crippen LogP contribution is 2.15. The van der Waals surface area contributed by atoms with Crippen LogP contribution in [0.15, 0.2) is 0 Å². The third-order valence-electron chi connectivity index (χ3n) is 1.98. The molecule has 3 nitrogen and oxygen atoms in total. The number of amides is 1. The summed E-state index contributed by atoms with van der Waals surface area (Å²) in [5.74, 6) is 0. The minimum Gasteiger partial charge on any atom is -0.444 e. The number of rotatable bonds is 2. The van der Waals surface area contributed by atoms with Gasteiger partial charge in [0, 0.05) is 6.04 Å². The third kappa shape index (κ3) is 1.64. The summed E-state index contributed by atoms with van der Waals surface area (Å²) < 4.78 is 5.07. The predicted molar refractivity (Wildman–Crippen MR) is 42.4 cm³/mol. The summed E-state index contributed by atoms with van der Waals surface area (Å²) in [5.41, 5.74) is 0. The molecule has 1 fully saturated rings. The van der Waals surface area contributed by atoms with E-state index >= 15 is 0 Å². The molecule has 0 aromatic rings. The van der Waals surface area contributed by atoms with E-state index < -0.39 is 0 Å². The van der Waals surface area contributed by atoms with Crippen LogP contribution in [0.4, 0.5) is 4.79 Å².